The van der Waals surface area contributed by atoms with Gasteiger partial charge in [-0.3, -0.25) is 9.59 Å². The van der Waals surface area contributed by atoms with Crippen molar-refractivity contribution in [3.05, 3.63) is 69.7 Å². The van der Waals surface area contributed by atoms with Crippen LogP contribution >= 0.6 is 0 Å². The van der Waals surface area contributed by atoms with Gasteiger partial charge in [0.05, 0.1) is 11.4 Å². The number of nitrogens with zero attached hydrogens (tertiary/aromatic N) is 2. The molecule has 5 rings (SSSR count). The molecule has 2 unspecified atom stereocenters. The summed E-state index contributed by atoms with van der Waals surface area (Å²) in [5.74, 6) is 0.689. The van der Waals surface area contributed by atoms with Gasteiger partial charge >= 0.3 is 0 Å². The van der Waals surface area contributed by atoms with E-state index in [2.05, 4.69) is 22.4 Å². The number of hydrogen-bond donors (Lipinski definition) is 2. The number of rotatable bonds is 5. The number of piperidine rings is 1. The highest BCUT2D eigenvalue weighted by molar-refractivity contribution is 5.96. The van der Waals surface area contributed by atoms with E-state index in [9.17, 15) is 9.59 Å². The lowest BCUT2D eigenvalue weighted by Gasteiger charge is -2.44. The predicted molar refractivity (Wildman–Crippen MR) is 128 cm³/mol. The summed E-state index contributed by atoms with van der Waals surface area (Å²) >= 11 is 0. The SMILES string of the molecule is Nc1cc(C(=O)NCCC2=CCCCC2)ccc1N1CC2CC(C1)c1cccc(=O)n1C2. The molecule has 0 radical (unpaired) electrons. The van der Waals surface area contributed by atoms with Gasteiger partial charge in [-0.05, 0) is 68.7 Å². The van der Waals surface area contributed by atoms with Gasteiger partial charge < -0.3 is 20.5 Å². The third-order valence-corrected chi connectivity index (χ3v) is 7.23. The summed E-state index contributed by atoms with van der Waals surface area (Å²) in [4.78, 5) is 27.2. The molecule has 2 aliphatic heterocycles. The van der Waals surface area contributed by atoms with E-state index < -0.39 is 0 Å². The Hall–Kier alpha value is -3.02. The molecular formula is C26H32N4O2. The number of pyridine rings is 1. The summed E-state index contributed by atoms with van der Waals surface area (Å²) in [6.45, 7) is 3.15. The number of amides is 1. The summed E-state index contributed by atoms with van der Waals surface area (Å²) in [5, 5.41) is 3.04. The molecule has 6 heteroatoms. The number of benzene rings is 1. The number of carbonyl (C=O) groups is 1. The van der Waals surface area contributed by atoms with E-state index in [0.29, 0.717) is 29.6 Å². The van der Waals surface area contributed by atoms with Crippen molar-refractivity contribution in [2.24, 2.45) is 5.92 Å². The summed E-state index contributed by atoms with van der Waals surface area (Å²) in [7, 11) is 0. The number of hydrogen-bond acceptors (Lipinski definition) is 4. The molecule has 1 aromatic carbocycles. The molecule has 3 N–H and O–H groups in total. The zero-order valence-corrected chi connectivity index (χ0v) is 18.6. The molecule has 3 heterocycles. The molecule has 168 valence electrons. The van der Waals surface area contributed by atoms with Crippen molar-refractivity contribution >= 4 is 17.3 Å². The van der Waals surface area contributed by atoms with Crippen LogP contribution in [0.5, 0.6) is 0 Å². The van der Waals surface area contributed by atoms with Crippen LogP contribution in [-0.2, 0) is 6.54 Å². The fourth-order valence-electron chi connectivity index (χ4n) is 5.65. The lowest BCUT2D eigenvalue weighted by Crippen LogP contribution is -2.47. The Kier molecular flexibility index (Phi) is 5.77. The maximum Gasteiger partial charge on any atom is 0.251 e. The molecule has 1 amide bonds. The van der Waals surface area contributed by atoms with Gasteiger partial charge in [0.15, 0.2) is 0 Å². The molecule has 1 fully saturated rings. The highest BCUT2D eigenvalue weighted by Gasteiger charge is 2.35. The Morgan fingerprint density at radius 3 is 2.84 bits per heavy atom. The predicted octanol–water partition coefficient (Wildman–Crippen LogP) is 3.67. The van der Waals surface area contributed by atoms with E-state index in [-0.39, 0.29) is 11.5 Å². The number of nitrogens with one attached hydrogen (secondary N) is 1. The molecule has 3 aliphatic rings. The Labute approximate surface area is 189 Å². The van der Waals surface area contributed by atoms with E-state index >= 15 is 0 Å². The van der Waals surface area contributed by atoms with Crippen molar-refractivity contribution in [3.63, 3.8) is 0 Å². The monoisotopic (exact) mass is 432 g/mol. The quantitative estimate of drug-likeness (QED) is 0.558. The highest BCUT2D eigenvalue weighted by atomic mass is 16.1. The highest BCUT2D eigenvalue weighted by Crippen LogP contribution is 2.38. The van der Waals surface area contributed by atoms with Crippen LogP contribution < -0.4 is 21.5 Å². The molecule has 32 heavy (non-hydrogen) atoms. The second kappa shape index (κ2) is 8.85. The van der Waals surface area contributed by atoms with E-state index in [0.717, 1.165) is 50.3 Å². The fourth-order valence-corrected chi connectivity index (χ4v) is 5.65. The average Bonchev–Trinajstić information content (AvgIpc) is 2.80. The minimum Gasteiger partial charge on any atom is -0.397 e. The first-order valence-electron chi connectivity index (χ1n) is 11.9. The lowest BCUT2D eigenvalue weighted by molar-refractivity contribution is 0.0954. The molecule has 1 aromatic heterocycles. The van der Waals surface area contributed by atoms with Crippen molar-refractivity contribution in [1.82, 2.24) is 9.88 Å². The fraction of sp³-hybridized carbons (Fsp3) is 0.462. The van der Waals surface area contributed by atoms with Crippen LogP contribution in [0.15, 0.2) is 52.8 Å². The van der Waals surface area contributed by atoms with E-state index in [4.69, 9.17) is 5.73 Å². The Morgan fingerprint density at radius 1 is 1.12 bits per heavy atom. The molecule has 0 saturated carbocycles. The molecular weight excluding hydrogens is 400 g/mol. The molecule has 1 saturated heterocycles. The van der Waals surface area contributed by atoms with Gasteiger partial charge in [-0.15, -0.1) is 0 Å². The summed E-state index contributed by atoms with van der Waals surface area (Å²) in [5.41, 5.74) is 11.3. The molecule has 0 spiro atoms. The number of anilines is 2. The third-order valence-electron chi connectivity index (χ3n) is 7.23. The first-order chi connectivity index (χ1) is 15.6. The average molecular weight is 433 g/mol. The number of nitrogen functional groups attached to an aromatic ring is 1. The second-order valence-electron chi connectivity index (χ2n) is 9.49. The number of aromatic nitrogens is 1. The van der Waals surface area contributed by atoms with Gasteiger partial charge in [0.2, 0.25) is 0 Å². The van der Waals surface area contributed by atoms with Gasteiger partial charge in [-0.1, -0.05) is 17.7 Å². The van der Waals surface area contributed by atoms with Crippen molar-refractivity contribution in [3.8, 4) is 0 Å². The summed E-state index contributed by atoms with van der Waals surface area (Å²) in [6.07, 6.45) is 9.24. The lowest BCUT2D eigenvalue weighted by atomic mass is 9.83. The van der Waals surface area contributed by atoms with E-state index in [1.807, 2.05) is 22.8 Å². The summed E-state index contributed by atoms with van der Waals surface area (Å²) < 4.78 is 1.94. The first-order valence-corrected chi connectivity index (χ1v) is 11.9. The standard InChI is InChI=1S/C26H32N4O2/c27-22-14-20(26(32)28-12-11-18-5-2-1-3-6-18)9-10-24(22)29-15-19-13-21(17-29)23-7-4-8-25(31)30(23)16-19/h4-5,7-10,14,19,21H,1-3,6,11-13,15-17,27H2,(H,28,32). The molecule has 2 aromatic rings. The van der Waals surface area contributed by atoms with Crippen LogP contribution in [0, 0.1) is 5.92 Å². The second-order valence-corrected chi connectivity index (χ2v) is 9.49. The van der Waals surface area contributed by atoms with E-state index in [1.54, 1.807) is 12.1 Å². The van der Waals surface area contributed by atoms with Crippen LogP contribution in [0.2, 0.25) is 0 Å². The maximum absolute atomic E-state index is 12.6. The van der Waals surface area contributed by atoms with Crippen LogP contribution in [0.1, 0.15) is 60.5 Å². The number of allylic oxidation sites excluding steroid dienone is 1. The van der Waals surface area contributed by atoms with Crippen molar-refractivity contribution in [2.45, 2.75) is 51.0 Å². The maximum atomic E-state index is 12.6. The van der Waals surface area contributed by atoms with Crippen LogP contribution in [0.25, 0.3) is 0 Å². The first kappa shape index (κ1) is 20.9. The minimum atomic E-state index is -0.0662. The van der Waals surface area contributed by atoms with Crippen molar-refractivity contribution in [1.29, 1.82) is 0 Å². The zero-order valence-electron chi connectivity index (χ0n) is 18.6. The number of carbonyl (C=O) groups excluding carboxylic acids is 1. The summed E-state index contributed by atoms with van der Waals surface area (Å²) in [6, 6.07) is 11.2. The molecule has 1 aliphatic carbocycles. The molecule has 2 atom stereocenters. The largest absolute Gasteiger partial charge is 0.397 e. The Balaban J connectivity index is 1.25. The van der Waals surface area contributed by atoms with Gasteiger partial charge in [-0.2, -0.15) is 0 Å². The van der Waals surface area contributed by atoms with E-state index in [1.165, 1.54) is 24.8 Å². The van der Waals surface area contributed by atoms with Gasteiger partial charge in [-0.25, -0.2) is 0 Å². The van der Waals surface area contributed by atoms with Gasteiger partial charge in [0, 0.05) is 49.4 Å². The number of fused-ring (bicyclic) bond motifs is 4. The smallest absolute Gasteiger partial charge is 0.251 e. The Morgan fingerprint density at radius 2 is 2.03 bits per heavy atom. The van der Waals surface area contributed by atoms with Crippen LogP contribution in [-0.4, -0.2) is 30.1 Å². The van der Waals surface area contributed by atoms with Crippen LogP contribution in [0.3, 0.4) is 0 Å². The van der Waals surface area contributed by atoms with Gasteiger partial charge in [0.1, 0.15) is 0 Å². The Bertz CT molecular complexity index is 1100. The van der Waals surface area contributed by atoms with Gasteiger partial charge in [0.25, 0.3) is 11.5 Å². The molecule has 6 nitrogen and oxygen atoms in total. The van der Waals surface area contributed by atoms with Crippen molar-refractivity contribution < 1.29 is 4.79 Å². The van der Waals surface area contributed by atoms with Crippen molar-refractivity contribution in [2.75, 3.05) is 30.3 Å². The molecule has 2 bridgehead atoms. The van der Waals surface area contributed by atoms with Crippen LogP contribution in [0.4, 0.5) is 11.4 Å². The third kappa shape index (κ3) is 4.18. The number of nitrogens with two attached hydrogens (primary N) is 1. The topological polar surface area (TPSA) is 80.4 Å². The minimum absolute atomic E-state index is 0.0662. The normalized spacial score (nSPS) is 22.1. The zero-order chi connectivity index (χ0) is 22.1.